The van der Waals surface area contributed by atoms with E-state index in [0.29, 0.717) is 17.5 Å². The molecule has 0 bridgehead atoms. The van der Waals surface area contributed by atoms with Crippen molar-refractivity contribution in [2.45, 2.75) is 0 Å². The van der Waals surface area contributed by atoms with E-state index < -0.39 is 0 Å². The van der Waals surface area contributed by atoms with E-state index in [-0.39, 0.29) is 0 Å². The Balaban J connectivity index is 0.962. The van der Waals surface area contributed by atoms with Crippen molar-refractivity contribution in [3.05, 3.63) is 218 Å². The minimum atomic E-state index is 0.581. The summed E-state index contributed by atoms with van der Waals surface area (Å²) in [5, 5.41) is 4.53. The number of nitrogens with zero attached hydrogens (tertiary/aromatic N) is 4. The molecule has 0 atom stereocenters. The molecule has 62 heavy (non-hydrogen) atoms. The van der Waals surface area contributed by atoms with Gasteiger partial charge in [0.05, 0.1) is 11.0 Å². The molecule has 9 aromatic carbocycles. The molecule has 0 saturated heterocycles. The molecule has 0 spiro atoms. The van der Waals surface area contributed by atoms with Gasteiger partial charge in [-0.05, 0) is 70.3 Å². The van der Waals surface area contributed by atoms with Crippen LogP contribution in [0, 0.1) is 0 Å². The third-order valence-electron chi connectivity index (χ3n) is 11.9. The molecule has 3 heterocycles. The Morgan fingerprint density at radius 3 is 1.58 bits per heavy atom. The lowest BCUT2D eigenvalue weighted by Gasteiger charge is -2.12. The maximum absolute atomic E-state index is 6.88. The van der Waals surface area contributed by atoms with Crippen molar-refractivity contribution < 1.29 is 4.42 Å². The standard InChI is InChI=1S/C57H36N4O/c1-4-15-37(16-5-1)38-27-29-40(30-28-38)56-58-55(39-17-6-2-7-18-39)59-57(60-56)42-31-33-47-49-25-14-24-48(54(49)62-53(47)36-42)45-22-11-10-21-44(45)41-32-34-52-50(35-41)46-23-12-13-26-51(46)61(52)43-19-8-3-9-20-43/h1-36H. The molecule has 12 aromatic rings. The lowest BCUT2D eigenvalue weighted by molar-refractivity contribution is 0.670. The molecule has 3 aromatic heterocycles. The average Bonchev–Trinajstić information content (AvgIpc) is 3.90. The third kappa shape index (κ3) is 6.06. The quantitative estimate of drug-likeness (QED) is 0.161. The van der Waals surface area contributed by atoms with Gasteiger partial charge in [-0.2, -0.15) is 0 Å². The van der Waals surface area contributed by atoms with Gasteiger partial charge in [0, 0.05) is 49.5 Å². The van der Waals surface area contributed by atoms with Crippen LogP contribution in [0.3, 0.4) is 0 Å². The van der Waals surface area contributed by atoms with Gasteiger partial charge < -0.3 is 8.98 Å². The molecule has 0 radical (unpaired) electrons. The summed E-state index contributed by atoms with van der Waals surface area (Å²) >= 11 is 0. The van der Waals surface area contributed by atoms with E-state index in [1.54, 1.807) is 0 Å². The van der Waals surface area contributed by atoms with Gasteiger partial charge in [-0.1, -0.05) is 176 Å². The highest BCUT2D eigenvalue weighted by atomic mass is 16.3. The molecular weight excluding hydrogens is 757 g/mol. The van der Waals surface area contributed by atoms with Crippen LogP contribution in [0.15, 0.2) is 223 Å². The van der Waals surface area contributed by atoms with E-state index in [0.717, 1.165) is 77.7 Å². The van der Waals surface area contributed by atoms with Crippen molar-refractivity contribution in [1.29, 1.82) is 0 Å². The Morgan fingerprint density at radius 2 is 0.823 bits per heavy atom. The lowest BCUT2D eigenvalue weighted by Crippen LogP contribution is -2.00. The van der Waals surface area contributed by atoms with E-state index in [1.807, 2.05) is 36.4 Å². The first-order valence-electron chi connectivity index (χ1n) is 20.8. The SMILES string of the molecule is c1ccc(-c2ccc(-c3nc(-c4ccccc4)nc(-c4ccc5c(c4)oc4c(-c6ccccc6-c6ccc7c(c6)c6ccccc6n7-c6ccccc6)cccc45)n3)cc2)cc1. The van der Waals surface area contributed by atoms with Crippen LogP contribution in [-0.4, -0.2) is 19.5 Å². The fraction of sp³-hybridized carbons (Fsp3) is 0. The average molecular weight is 793 g/mol. The summed E-state index contributed by atoms with van der Waals surface area (Å²) in [5.74, 6) is 1.81. The first-order chi connectivity index (χ1) is 30.7. The van der Waals surface area contributed by atoms with E-state index in [4.69, 9.17) is 19.4 Å². The first kappa shape index (κ1) is 35.5. The monoisotopic (exact) mass is 792 g/mol. The largest absolute Gasteiger partial charge is 0.455 e. The minimum absolute atomic E-state index is 0.581. The zero-order chi connectivity index (χ0) is 41.0. The van der Waals surface area contributed by atoms with Crippen LogP contribution < -0.4 is 0 Å². The van der Waals surface area contributed by atoms with Gasteiger partial charge in [-0.25, -0.2) is 15.0 Å². The molecule has 0 saturated carbocycles. The molecule has 0 aliphatic carbocycles. The van der Waals surface area contributed by atoms with Crippen molar-refractivity contribution in [3.8, 4) is 73.2 Å². The summed E-state index contributed by atoms with van der Waals surface area (Å²) in [4.78, 5) is 15.1. The second-order valence-electron chi connectivity index (χ2n) is 15.6. The molecule has 5 nitrogen and oxygen atoms in total. The molecule has 0 unspecified atom stereocenters. The number of para-hydroxylation sites is 3. The fourth-order valence-corrected chi connectivity index (χ4v) is 8.91. The summed E-state index contributed by atoms with van der Waals surface area (Å²) in [6.07, 6.45) is 0. The van der Waals surface area contributed by atoms with Crippen molar-refractivity contribution in [2.75, 3.05) is 0 Å². The van der Waals surface area contributed by atoms with E-state index >= 15 is 0 Å². The predicted molar refractivity (Wildman–Crippen MR) is 254 cm³/mol. The molecule has 0 N–H and O–H groups in total. The Kier molecular flexibility index (Phi) is 8.42. The van der Waals surface area contributed by atoms with Crippen LogP contribution in [-0.2, 0) is 0 Å². The molecule has 12 rings (SSSR count). The molecule has 290 valence electrons. The number of aromatic nitrogens is 4. The highest BCUT2D eigenvalue weighted by molar-refractivity contribution is 6.13. The smallest absolute Gasteiger partial charge is 0.164 e. The molecule has 0 amide bonds. The number of benzene rings is 9. The lowest BCUT2D eigenvalue weighted by atomic mass is 9.92. The van der Waals surface area contributed by atoms with Crippen LogP contribution in [0.1, 0.15) is 0 Å². The van der Waals surface area contributed by atoms with Gasteiger partial charge in [-0.15, -0.1) is 0 Å². The minimum Gasteiger partial charge on any atom is -0.455 e. The Hall–Kier alpha value is -8.41. The summed E-state index contributed by atoms with van der Waals surface area (Å²) in [6.45, 7) is 0. The Morgan fingerprint density at radius 1 is 0.306 bits per heavy atom. The number of hydrogen-bond donors (Lipinski definition) is 0. The van der Waals surface area contributed by atoms with Gasteiger partial charge >= 0.3 is 0 Å². The van der Waals surface area contributed by atoms with Gasteiger partial charge in [0.1, 0.15) is 11.2 Å². The first-order valence-corrected chi connectivity index (χ1v) is 20.8. The van der Waals surface area contributed by atoms with Gasteiger partial charge in [0.25, 0.3) is 0 Å². The molecular formula is C57H36N4O. The van der Waals surface area contributed by atoms with E-state index in [2.05, 4.69) is 187 Å². The van der Waals surface area contributed by atoms with Gasteiger partial charge in [0.2, 0.25) is 0 Å². The normalized spacial score (nSPS) is 11.5. The molecule has 5 heteroatoms. The number of rotatable bonds is 7. The molecule has 0 fully saturated rings. The molecule has 0 aliphatic heterocycles. The summed E-state index contributed by atoms with van der Waals surface area (Å²) in [7, 11) is 0. The van der Waals surface area contributed by atoms with Crippen LogP contribution in [0.2, 0.25) is 0 Å². The topological polar surface area (TPSA) is 56.7 Å². The molecule has 0 aliphatic rings. The highest BCUT2D eigenvalue weighted by Gasteiger charge is 2.19. The maximum atomic E-state index is 6.88. The van der Waals surface area contributed by atoms with Crippen LogP contribution >= 0.6 is 0 Å². The van der Waals surface area contributed by atoms with Crippen molar-refractivity contribution in [1.82, 2.24) is 19.5 Å². The highest BCUT2D eigenvalue weighted by Crippen LogP contribution is 2.42. The van der Waals surface area contributed by atoms with Crippen LogP contribution in [0.5, 0.6) is 0 Å². The van der Waals surface area contributed by atoms with Crippen LogP contribution in [0.4, 0.5) is 0 Å². The van der Waals surface area contributed by atoms with E-state index in [1.165, 1.54) is 21.8 Å². The third-order valence-corrected chi connectivity index (χ3v) is 11.9. The predicted octanol–water partition coefficient (Wildman–Crippen LogP) is 14.9. The Labute approximate surface area is 357 Å². The van der Waals surface area contributed by atoms with Crippen LogP contribution in [0.25, 0.3) is 117 Å². The van der Waals surface area contributed by atoms with E-state index in [9.17, 15) is 0 Å². The van der Waals surface area contributed by atoms with Gasteiger partial charge in [-0.3, -0.25) is 0 Å². The number of hydrogen-bond acceptors (Lipinski definition) is 4. The van der Waals surface area contributed by atoms with Crippen molar-refractivity contribution in [3.63, 3.8) is 0 Å². The van der Waals surface area contributed by atoms with Crippen molar-refractivity contribution >= 4 is 43.7 Å². The fourth-order valence-electron chi connectivity index (χ4n) is 8.91. The zero-order valence-electron chi connectivity index (χ0n) is 33.5. The zero-order valence-corrected chi connectivity index (χ0v) is 33.5. The number of fused-ring (bicyclic) bond motifs is 6. The summed E-state index contributed by atoms with van der Waals surface area (Å²) < 4.78 is 9.24. The maximum Gasteiger partial charge on any atom is 0.164 e. The number of furan rings is 1. The Bertz CT molecular complexity index is 3610. The summed E-state index contributed by atoms with van der Waals surface area (Å²) in [5.41, 5.74) is 14.5. The second kappa shape index (κ2) is 14.7. The van der Waals surface area contributed by atoms with Crippen molar-refractivity contribution in [2.24, 2.45) is 0 Å². The second-order valence-corrected chi connectivity index (χ2v) is 15.6. The van der Waals surface area contributed by atoms with Gasteiger partial charge in [0.15, 0.2) is 17.5 Å². The summed E-state index contributed by atoms with van der Waals surface area (Å²) in [6, 6.07) is 76.3.